The minimum absolute atomic E-state index is 0.253. The molecule has 1 aromatic heterocycles. The van der Waals surface area contributed by atoms with Gasteiger partial charge in [-0.15, -0.1) is 0 Å². The number of hydrogen-bond donors (Lipinski definition) is 3. The van der Waals surface area contributed by atoms with Gasteiger partial charge in [0.15, 0.2) is 0 Å². The van der Waals surface area contributed by atoms with E-state index in [1.807, 2.05) is 12.1 Å². The number of nitrogens with zero attached hydrogens (tertiary/aromatic N) is 1. The van der Waals surface area contributed by atoms with Gasteiger partial charge < -0.3 is 16.2 Å². The molecule has 1 heterocycles. The Morgan fingerprint density at radius 2 is 2.11 bits per heavy atom. The molecule has 1 atom stereocenters. The average molecular weight is 259 g/mol. The second-order valence-corrected chi connectivity index (χ2v) is 5.14. The molecular formula is C15H21N3O. The van der Waals surface area contributed by atoms with Crippen molar-refractivity contribution in [3.63, 3.8) is 0 Å². The number of hydrogen-bond acceptors (Lipinski definition) is 4. The molecule has 0 radical (unpaired) electrons. The molecule has 0 saturated heterocycles. The fourth-order valence-corrected chi connectivity index (χ4v) is 2.20. The van der Waals surface area contributed by atoms with Gasteiger partial charge in [-0.3, -0.25) is 0 Å². The molecule has 0 amide bonds. The highest BCUT2D eigenvalue weighted by Crippen LogP contribution is 2.26. The van der Waals surface area contributed by atoms with Gasteiger partial charge in [0, 0.05) is 17.6 Å². The number of rotatable bonds is 5. The summed E-state index contributed by atoms with van der Waals surface area (Å²) in [4.78, 5) is 4.39. The molecule has 0 bridgehead atoms. The Morgan fingerprint density at radius 3 is 2.79 bits per heavy atom. The van der Waals surface area contributed by atoms with Crippen LogP contribution < -0.4 is 11.1 Å². The molecule has 102 valence electrons. The second kappa shape index (κ2) is 5.89. The van der Waals surface area contributed by atoms with Gasteiger partial charge in [0.05, 0.1) is 0 Å². The topological polar surface area (TPSA) is 71.2 Å². The van der Waals surface area contributed by atoms with Gasteiger partial charge in [-0.2, -0.15) is 0 Å². The minimum atomic E-state index is 0.253. The standard InChI is InChI=1S/C15H21N3O/c1-10(2)14(5-7-16)18-15-13-9-12(19)4-3-11(13)6-8-17-15/h3-4,6,8-10,14,19H,5,7,16H2,1-2H3,(H,17,18). The monoisotopic (exact) mass is 259 g/mol. The number of aromatic hydroxyl groups is 1. The molecule has 1 aromatic carbocycles. The molecule has 1 unspecified atom stereocenters. The van der Waals surface area contributed by atoms with Crippen LogP contribution in [0.5, 0.6) is 5.75 Å². The number of pyridine rings is 1. The highest BCUT2D eigenvalue weighted by Gasteiger charge is 2.14. The summed E-state index contributed by atoms with van der Waals surface area (Å²) >= 11 is 0. The predicted molar refractivity (Wildman–Crippen MR) is 79.3 cm³/mol. The highest BCUT2D eigenvalue weighted by molar-refractivity contribution is 5.92. The first-order valence-corrected chi connectivity index (χ1v) is 6.66. The molecule has 0 aliphatic heterocycles. The number of benzene rings is 1. The van der Waals surface area contributed by atoms with E-state index >= 15 is 0 Å². The lowest BCUT2D eigenvalue weighted by Crippen LogP contribution is -2.28. The van der Waals surface area contributed by atoms with E-state index in [4.69, 9.17) is 5.73 Å². The van der Waals surface area contributed by atoms with Crippen LogP contribution in [0.3, 0.4) is 0 Å². The summed E-state index contributed by atoms with van der Waals surface area (Å²) in [6, 6.07) is 7.54. The van der Waals surface area contributed by atoms with Crippen LogP contribution in [0.1, 0.15) is 20.3 Å². The van der Waals surface area contributed by atoms with Crippen LogP contribution in [0, 0.1) is 5.92 Å². The van der Waals surface area contributed by atoms with Gasteiger partial charge >= 0.3 is 0 Å². The second-order valence-electron chi connectivity index (χ2n) is 5.14. The Morgan fingerprint density at radius 1 is 1.32 bits per heavy atom. The fourth-order valence-electron chi connectivity index (χ4n) is 2.20. The maximum absolute atomic E-state index is 9.63. The molecule has 4 N–H and O–H groups in total. The van der Waals surface area contributed by atoms with Gasteiger partial charge in [-0.25, -0.2) is 4.98 Å². The molecule has 4 nitrogen and oxygen atoms in total. The van der Waals surface area contributed by atoms with Crippen molar-refractivity contribution in [2.75, 3.05) is 11.9 Å². The van der Waals surface area contributed by atoms with Gasteiger partial charge in [-0.1, -0.05) is 19.9 Å². The van der Waals surface area contributed by atoms with Crippen molar-refractivity contribution in [2.24, 2.45) is 11.7 Å². The van der Waals surface area contributed by atoms with Crippen LogP contribution >= 0.6 is 0 Å². The molecule has 0 spiro atoms. The van der Waals surface area contributed by atoms with Crippen molar-refractivity contribution in [3.05, 3.63) is 30.5 Å². The quantitative estimate of drug-likeness (QED) is 0.772. The van der Waals surface area contributed by atoms with Crippen molar-refractivity contribution in [1.82, 2.24) is 4.98 Å². The lowest BCUT2D eigenvalue weighted by molar-refractivity contribution is 0.476. The van der Waals surface area contributed by atoms with Gasteiger partial charge in [0.2, 0.25) is 0 Å². The van der Waals surface area contributed by atoms with Gasteiger partial charge in [0.1, 0.15) is 11.6 Å². The Hall–Kier alpha value is -1.81. The van der Waals surface area contributed by atoms with Crippen LogP contribution in [-0.2, 0) is 0 Å². The van der Waals surface area contributed by atoms with Crippen LogP contribution in [-0.4, -0.2) is 22.7 Å². The van der Waals surface area contributed by atoms with E-state index in [9.17, 15) is 5.11 Å². The van der Waals surface area contributed by atoms with E-state index in [1.54, 1.807) is 18.3 Å². The van der Waals surface area contributed by atoms with Crippen molar-refractivity contribution < 1.29 is 5.11 Å². The van der Waals surface area contributed by atoms with Crippen LogP contribution in [0.2, 0.25) is 0 Å². The summed E-state index contributed by atoms with van der Waals surface area (Å²) in [5.74, 6) is 1.53. The first kappa shape index (κ1) is 13.6. The van der Waals surface area contributed by atoms with E-state index in [1.165, 1.54) is 0 Å². The molecule has 0 fully saturated rings. The zero-order chi connectivity index (χ0) is 13.8. The van der Waals surface area contributed by atoms with Crippen molar-refractivity contribution in [3.8, 4) is 5.75 Å². The molecule has 0 aliphatic carbocycles. The van der Waals surface area contributed by atoms with Crippen LogP contribution in [0.4, 0.5) is 5.82 Å². The third kappa shape index (κ3) is 3.15. The predicted octanol–water partition coefficient (Wildman–Crippen LogP) is 2.73. The van der Waals surface area contributed by atoms with Gasteiger partial charge in [0.25, 0.3) is 0 Å². The third-order valence-corrected chi connectivity index (χ3v) is 3.35. The van der Waals surface area contributed by atoms with E-state index in [0.717, 1.165) is 23.0 Å². The number of phenols is 1. The molecule has 19 heavy (non-hydrogen) atoms. The Balaban J connectivity index is 2.36. The minimum Gasteiger partial charge on any atom is -0.508 e. The summed E-state index contributed by atoms with van der Waals surface area (Å²) < 4.78 is 0. The van der Waals surface area contributed by atoms with Crippen molar-refractivity contribution in [2.45, 2.75) is 26.3 Å². The lowest BCUT2D eigenvalue weighted by atomic mass is 10.0. The Bertz CT molecular complexity index is 554. The number of anilines is 1. The SMILES string of the molecule is CC(C)C(CCN)Nc1nccc2ccc(O)cc12. The molecule has 0 saturated carbocycles. The average Bonchev–Trinajstić information content (AvgIpc) is 2.38. The van der Waals surface area contributed by atoms with Crippen molar-refractivity contribution >= 4 is 16.6 Å². The number of phenolic OH excluding ortho intramolecular Hbond substituents is 1. The van der Waals surface area contributed by atoms with Crippen LogP contribution in [0.25, 0.3) is 10.8 Å². The number of fused-ring (bicyclic) bond motifs is 1. The fraction of sp³-hybridized carbons (Fsp3) is 0.400. The molecule has 2 aromatic rings. The Labute approximate surface area is 113 Å². The molecule has 4 heteroatoms. The molecular weight excluding hydrogens is 238 g/mol. The van der Waals surface area contributed by atoms with E-state index in [-0.39, 0.29) is 11.8 Å². The molecule has 2 rings (SSSR count). The summed E-state index contributed by atoms with van der Waals surface area (Å²) in [7, 11) is 0. The maximum atomic E-state index is 9.63. The van der Waals surface area contributed by atoms with Gasteiger partial charge in [-0.05, 0) is 42.5 Å². The largest absolute Gasteiger partial charge is 0.508 e. The zero-order valence-electron chi connectivity index (χ0n) is 11.4. The number of nitrogens with two attached hydrogens (primary N) is 1. The van der Waals surface area contributed by atoms with E-state index in [0.29, 0.717) is 12.5 Å². The zero-order valence-corrected chi connectivity index (χ0v) is 11.4. The number of nitrogens with one attached hydrogen (secondary N) is 1. The maximum Gasteiger partial charge on any atom is 0.134 e. The first-order chi connectivity index (χ1) is 9.11. The number of aromatic nitrogens is 1. The lowest BCUT2D eigenvalue weighted by Gasteiger charge is -2.23. The smallest absolute Gasteiger partial charge is 0.134 e. The van der Waals surface area contributed by atoms with Crippen molar-refractivity contribution in [1.29, 1.82) is 0 Å². The summed E-state index contributed by atoms with van der Waals surface area (Å²) in [6.07, 6.45) is 2.68. The van der Waals surface area contributed by atoms with Crippen LogP contribution in [0.15, 0.2) is 30.5 Å². The summed E-state index contributed by atoms with van der Waals surface area (Å²) in [5.41, 5.74) is 5.66. The normalized spacial score (nSPS) is 12.8. The van der Waals surface area contributed by atoms with E-state index < -0.39 is 0 Å². The first-order valence-electron chi connectivity index (χ1n) is 6.66. The highest BCUT2D eigenvalue weighted by atomic mass is 16.3. The third-order valence-electron chi connectivity index (χ3n) is 3.35. The Kier molecular flexibility index (Phi) is 4.22. The summed E-state index contributed by atoms with van der Waals surface area (Å²) in [5, 5.41) is 15.1. The molecule has 0 aliphatic rings. The summed E-state index contributed by atoms with van der Waals surface area (Å²) in [6.45, 7) is 4.97. The van der Waals surface area contributed by atoms with E-state index in [2.05, 4.69) is 24.1 Å².